The Hall–Kier alpha value is -3.02. The van der Waals surface area contributed by atoms with E-state index in [1.165, 1.54) is 6.92 Å². The maximum atomic E-state index is 11.7. The largest absolute Gasteiger partial charge is 0.506 e. The van der Waals surface area contributed by atoms with Gasteiger partial charge in [-0.3, -0.25) is 9.78 Å². The number of hydrogen-bond acceptors (Lipinski definition) is 5. The third kappa shape index (κ3) is 4.42. The minimum atomic E-state index is -0.237. The first kappa shape index (κ1) is 20.3. The highest BCUT2D eigenvalue weighted by atomic mass is 35.5. The van der Waals surface area contributed by atoms with Crippen LogP contribution in [-0.4, -0.2) is 15.9 Å². The average Bonchev–Trinajstić information content (AvgIpc) is 2.75. The number of nitrogens with zero attached hydrogens (tertiary/aromatic N) is 1. The van der Waals surface area contributed by atoms with Crippen LogP contribution in [0.4, 0.5) is 5.69 Å². The topological polar surface area (TPSA) is 62.2 Å². The van der Waals surface area contributed by atoms with Gasteiger partial charge in [-0.2, -0.15) is 0 Å². The molecule has 1 heterocycles. The molecular formula is C24H19ClN2O2S. The number of hydrogen-bond donors (Lipinski definition) is 2. The van der Waals surface area contributed by atoms with E-state index in [4.69, 9.17) is 11.6 Å². The molecule has 0 atom stereocenters. The summed E-state index contributed by atoms with van der Waals surface area (Å²) in [7, 11) is 0. The number of anilines is 1. The van der Waals surface area contributed by atoms with Crippen molar-refractivity contribution in [3.63, 3.8) is 0 Å². The maximum Gasteiger partial charge on any atom is 0.163 e. The van der Waals surface area contributed by atoms with Crippen LogP contribution in [0, 0.1) is 0 Å². The van der Waals surface area contributed by atoms with E-state index in [1.54, 1.807) is 30.1 Å². The first-order chi connectivity index (χ1) is 14.5. The van der Waals surface area contributed by atoms with Crippen LogP contribution in [0.3, 0.4) is 0 Å². The molecule has 4 rings (SSSR count). The van der Waals surface area contributed by atoms with Crippen molar-refractivity contribution in [2.75, 3.05) is 5.32 Å². The van der Waals surface area contributed by atoms with Gasteiger partial charge in [0.25, 0.3) is 0 Å². The van der Waals surface area contributed by atoms with Gasteiger partial charge in [0.05, 0.1) is 16.1 Å². The molecule has 4 nitrogen and oxygen atoms in total. The number of ketones is 1. The second-order valence-corrected chi connectivity index (χ2v) is 8.35. The zero-order valence-electron chi connectivity index (χ0n) is 16.2. The van der Waals surface area contributed by atoms with E-state index in [-0.39, 0.29) is 22.1 Å². The van der Waals surface area contributed by atoms with Crippen LogP contribution in [0.1, 0.15) is 22.8 Å². The van der Waals surface area contributed by atoms with Crippen LogP contribution in [0.5, 0.6) is 5.75 Å². The Balaban J connectivity index is 1.56. The molecule has 0 saturated carbocycles. The molecule has 0 spiro atoms. The number of benzene rings is 3. The molecule has 0 aliphatic carbocycles. The number of Topliss-reactive ketones (excluding diaryl/α,β-unsaturated/α-hetero) is 1. The van der Waals surface area contributed by atoms with Gasteiger partial charge in [0.15, 0.2) is 5.78 Å². The highest BCUT2D eigenvalue weighted by Crippen LogP contribution is 2.34. The predicted octanol–water partition coefficient (Wildman–Crippen LogP) is 6.56. The second kappa shape index (κ2) is 8.78. The highest BCUT2D eigenvalue weighted by molar-refractivity contribution is 7.99. The van der Waals surface area contributed by atoms with Crippen molar-refractivity contribution in [3.8, 4) is 5.75 Å². The summed E-state index contributed by atoms with van der Waals surface area (Å²) in [5.74, 6) is -0.422. The molecule has 1 aromatic heterocycles. The summed E-state index contributed by atoms with van der Waals surface area (Å²) < 4.78 is 0. The smallest absolute Gasteiger partial charge is 0.163 e. The van der Waals surface area contributed by atoms with E-state index in [1.807, 2.05) is 24.3 Å². The molecule has 2 N–H and O–H groups in total. The van der Waals surface area contributed by atoms with Gasteiger partial charge in [0.1, 0.15) is 5.75 Å². The quantitative estimate of drug-likeness (QED) is 0.266. The molecule has 0 radical (unpaired) electrons. The molecular weight excluding hydrogens is 416 g/mol. The normalized spacial score (nSPS) is 10.9. The standard InChI is InChI=1S/C24H19ClN2O2S/c1-15(28)20-11-18(12-21(25)24(20)29)27-14-17-5-2-3-7-23(17)30-19-9-8-16-6-4-10-26-22(16)13-19/h2-13,27,29H,14H2,1H3. The lowest BCUT2D eigenvalue weighted by molar-refractivity contribution is 0.101. The molecule has 6 heteroatoms. The Labute approximate surface area is 183 Å². The number of halogens is 1. The van der Waals surface area contributed by atoms with Crippen molar-refractivity contribution in [1.82, 2.24) is 4.98 Å². The number of rotatable bonds is 6. The Morgan fingerprint density at radius 2 is 1.93 bits per heavy atom. The Bertz CT molecular complexity index is 1240. The van der Waals surface area contributed by atoms with Crippen LogP contribution >= 0.6 is 23.4 Å². The third-order valence-electron chi connectivity index (χ3n) is 4.70. The molecule has 30 heavy (non-hydrogen) atoms. The summed E-state index contributed by atoms with van der Waals surface area (Å²) in [4.78, 5) is 18.4. The fraction of sp³-hybridized carbons (Fsp3) is 0.0833. The lowest BCUT2D eigenvalue weighted by Gasteiger charge is -2.13. The van der Waals surface area contributed by atoms with Gasteiger partial charge in [0, 0.05) is 33.6 Å². The summed E-state index contributed by atoms with van der Waals surface area (Å²) in [5.41, 5.74) is 2.96. The Morgan fingerprint density at radius 1 is 1.10 bits per heavy atom. The van der Waals surface area contributed by atoms with Crippen LogP contribution in [0.15, 0.2) is 82.7 Å². The summed E-state index contributed by atoms with van der Waals surface area (Å²) in [5, 5.41) is 14.5. The number of nitrogens with one attached hydrogen (secondary N) is 1. The van der Waals surface area contributed by atoms with Crippen molar-refractivity contribution in [2.24, 2.45) is 0 Å². The lowest BCUT2D eigenvalue weighted by Crippen LogP contribution is -2.03. The molecule has 0 bridgehead atoms. The maximum absolute atomic E-state index is 11.7. The summed E-state index contributed by atoms with van der Waals surface area (Å²) in [6.45, 7) is 1.95. The molecule has 0 unspecified atom stereocenters. The number of phenols is 1. The van der Waals surface area contributed by atoms with E-state index in [2.05, 4.69) is 40.6 Å². The summed E-state index contributed by atoms with van der Waals surface area (Å²) in [6, 6.07) is 21.6. The SMILES string of the molecule is CC(=O)c1cc(NCc2ccccc2Sc2ccc3cccnc3c2)cc(Cl)c1O. The van der Waals surface area contributed by atoms with Crippen molar-refractivity contribution < 1.29 is 9.90 Å². The zero-order chi connectivity index (χ0) is 21.1. The molecule has 0 saturated heterocycles. The van der Waals surface area contributed by atoms with Crippen LogP contribution in [0.2, 0.25) is 5.02 Å². The predicted molar refractivity (Wildman–Crippen MR) is 123 cm³/mol. The van der Waals surface area contributed by atoms with Crippen LogP contribution in [-0.2, 0) is 6.54 Å². The van der Waals surface area contributed by atoms with Gasteiger partial charge in [-0.25, -0.2) is 0 Å². The van der Waals surface area contributed by atoms with Gasteiger partial charge >= 0.3 is 0 Å². The first-order valence-electron chi connectivity index (χ1n) is 9.39. The highest BCUT2D eigenvalue weighted by Gasteiger charge is 2.13. The van der Waals surface area contributed by atoms with Crippen molar-refractivity contribution in [3.05, 3.63) is 89.1 Å². The fourth-order valence-corrected chi connectivity index (χ4v) is 4.35. The van der Waals surface area contributed by atoms with Crippen molar-refractivity contribution in [1.29, 1.82) is 0 Å². The number of pyridine rings is 1. The number of carbonyl (C=O) groups excluding carboxylic acids is 1. The summed E-state index contributed by atoms with van der Waals surface area (Å²) in [6.07, 6.45) is 1.80. The van der Waals surface area contributed by atoms with Crippen molar-refractivity contribution >= 4 is 45.7 Å². The van der Waals surface area contributed by atoms with Gasteiger partial charge < -0.3 is 10.4 Å². The molecule has 0 aliphatic rings. The summed E-state index contributed by atoms with van der Waals surface area (Å²) >= 11 is 7.76. The van der Waals surface area contributed by atoms with Crippen LogP contribution < -0.4 is 5.32 Å². The molecule has 0 amide bonds. The first-order valence-corrected chi connectivity index (χ1v) is 10.6. The number of fused-ring (bicyclic) bond motifs is 1. The third-order valence-corrected chi connectivity index (χ3v) is 6.10. The number of aromatic nitrogens is 1. The Kier molecular flexibility index (Phi) is 5.93. The number of phenolic OH excluding ortho intramolecular Hbond substituents is 1. The molecule has 0 fully saturated rings. The van der Waals surface area contributed by atoms with Gasteiger partial charge in [-0.15, -0.1) is 0 Å². The van der Waals surface area contributed by atoms with E-state index >= 15 is 0 Å². The van der Waals surface area contributed by atoms with E-state index < -0.39 is 0 Å². The average molecular weight is 435 g/mol. The Morgan fingerprint density at radius 3 is 2.77 bits per heavy atom. The van der Waals surface area contributed by atoms with E-state index in [0.717, 1.165) is 26.3 Å². The zero-order valence-corrected chi connectivity index (χ0v) is 17.8. The molecule has 3 aromatic carbocycles. The molecule has 150 valence electrons. The van der Waals surface area contributed by atoms with Crippen LogP contribution in [0.25, 0.3) is 10.9 Å². The lowest BCUT2D eigenvalue weighted by atomic mass is 10.1. The van der Waals surface area contributed by atoms with Gasteiger partial charge in [-0.05, 0) is 48.9 Å². The number of carbonyl (C=O) groups is 1. The molecule has 4 aromatic rings. The minimum Gasteiger partial charge on any atom is -0.506 e. The monoisotopic (exact) mass is 434 g/mol. The number of aromatic hydroxyl groups is 1. The molecule has 0 aliphatic heterocycles. The van der Waals surface area contributed by atoms with E-state index in [0.29, 0.717) is 12.2 Å². The van der Waals surface area contributed by atoms with Gasteiger partial charge in [-0.1, -0.05) is 53.7 Å². The van der Waals surface area contributed by atoms with Gasteiger partial charge in [0.2, 0.25) is 0 Å². The minimum absolute atomic E-state index is 0.150. The fourth-order valence-electron chi connectivity index (χ4n) is 3.15. The van der Waals surface area contributed by atoms with Crippen molar-refractivity contribution in [2.45, 2.75) is 23.3 Å². The van der Waals surface area contributed by atoms with E-state index in [9.17, 15) is 9.90 Å². The second-order valence-electron chi connectivity index (χ2n) is 6.83.